The van der Waals surface area contributed by atoms with E-state index in [4.69, 9.17) is 97.5 Å². The lowest BCUT2D eigenvalue weighted by atomic mass is 9.99. The Morgan fingerprint density at radius 1 is 0.338 bits per heavy atom. The van der Waals surface area contributed by atoms with Gasteiger partial charge < -0.3 is 103 Å². The summed E-state index contributed by atoms with van der Waals surface area (Å²) in [5.41, 5.74) is 90.9. The van der Waals surface area contributed by atoms with Crippen LogP contribution in [0.2, 0.25) is 0 Å². The molecule has 0 spiro atoms. The largest absolute Gasteiger partial charge is 0.386 e. The standard InChI is InChI=1S/C10H21N3O.C9H20N4O.2C8H20N4O.2C8H18N4O/c1-7(2)10(14)9(12)5-4-6-13-8(3)11;1-6(2)8(14)7(10)4-3-5-13-9(11)12;4*1-5(2)7(13)6(9)3-4-12-8(10)11/h7,9,13H,3-6,11-12H2,1-2H3;6-7H,3-5,10H2,1-2H3,(H4,11,12,13);2*5-6,8,12H,3-4,9-11H2,1-2H3;2*5-6H,3-4,9H2,1-2H3,(H4,10,11,12)/t9-;7-;4*6-/m101010/s1. The molecule has 0 unspecified atom stereocenters. The van der Waals surface area contributed by atoms with E-state index in [1.807, 2.05) is 83.1 Å². The van der Waals surface area contributed by atoms with Crippen LogP contribution in [0.4, 0.5) is 0 Å². The predicted molar refractivity (Wildman–Crippen MR) is 328 cm³/mol. The molecule has 29 nitrogen and oxygen atoms in total. The van der Waals surface area contributed by atoms with Crippen molar-refractivity contribution < 1.29 is 28.8 Å². The minimum atomic E-state index is -0.540. The first-order valence-electron chi connectivity index (χ1n) is 27.3. The van der Waals surface area contributed by atoms with Crippen molar-refractivity contribution >= 4 is 52.6 Å². The second kappa shape index (κ2) is 51.8. The van der Waals surface area contributed by atoms with Crippen LogP contribution in [0.3, 0.4) is 0 Å². The SMILES string of the molecule is C=C(N)NCCC[C@@H](N)C(=O)C(C)C.CC(C)C(=O)[C@@H](N)CCCN=C(N)N.CC(C)C(=O)[C@@H](N)CCN=C(N)N.CC(C)C(=O)[C@@H](N)CCNC(N)N.CC(C)C(=O)[C@H](N)CCN=C(N)N.CC(C)C(=O)[C@H](N)CCNC(N)N. The Kier molecular flexibility index (Phi) is 55.7. The van der Waals surface area contributed by atoms with Gasteiger partial charge in [0, 0.05) is 61.7 Å². The highest BCUT2D eigenvalue weighted by molar-refractivity contribution is 5.87. The number of carbonyl (C=O) groups excluding carboxylic acids is 6. The number of ketones is 6. The number of hydrogen-bond acceptors (Lipinski definition) is 23. The first-order valence-corrected chi connectivity index (χ1v) is 27.3. The molecule has 472 valence electrons. The number of guanidine groups is 3. The second-order valence-corrected chi connectivity index (χ2v) is 20.8. The lowest BCUT2D eigenvalue weighted by molar-refractivity contribution is -0.124. The molecule has 0 aliphatic heterocycles. The summed E-state index contributed by atoms with van der Waals surface area (Å²) in [6, 6.07) is -2.46. The quantitative estimate of drug-likeness (QED) is 0.0124. The van der Waals surface area contributed by atoms with Crippen molar-refractivity contribution in [3.63, 3.8) is 0 Å². The summed E-state index contributed by atoms with van der Waals surface area (Å²) in [5.74, 6) is 0.973. The van der Waals surface area contributed by atoms with Crippen molar-refractivity contribution in [2.24, 2.45) is 148 Å². The molecule has 37 N–H and O–H groups in total. The van der Waals surface area contributed by atoms with Gasteiger partial charge in [0.05, 0.1) is 42.1 Å². The molecule has 0 aromatic heterocycles. The van der Waals surface area contributed by atoms with Gasteiger partial charge in [-0.2, -0.15) is 0 Å². The van der Waals surface area contributed by atoms with Crippen LogP contribution in [0.25, 0.3) is 0 Å². The number of nitrogens with one attached hydrogen (secondary N) is 3. The topological polar surface area (TPSA) is 618 Å². The summed E-state index contributed by atoms with van der Waals surface area (Å²) in [4.78, 5) is 79.2. The summed E-state index contributed by atoms with van der Waals surface area (Å²) < 4.78 is 0. The van der Waals surface area contributed by atoms with E-state index in [9.17, 15) is 28.8 Å². The summed E-state index contributed by atoms with van der Waals surface area (Å²) >= 11 is 0. The number of carbonyl (C=O) groups is 6. The monoisotopic (exact) mass is 1150 g/mol. The van der Waals surface area contributed by atoms with Crippen molar-refractivity contribution in [1.82, 2.24) is 16.0 Å². The first-order chi connectivity index (χ1) is 36.7. The van der Waals surface area contributed by atoms with Crippen LogP contribution in [-0.4, -0.2) is 141 Å². The molecular weight excluding hydrogens is 1030 g/mol. The van der Waals surface area contributed by atoms with Gasteiger partial charge in [0.15, 0.2) is 52.6 Å². The number of hydrogen-bond donors (Lipinski definition) is 20. The molecule has 29 heteroatoms. The van der Waals surface area contributed by atoms with Crippen LogP contribution in [0.5, 0.6) is 0 Å². The fraction of sp³-hybridized carbons (Fsp3) is 0.784. The van der Waals surface area contributed by atoms with Gasteiger partial charge >= 0.3 is 0 Å². The fourth-order valence-electron chi connectivity index (χ4n) is 5.99. The van der Waals surface area contributed by atoms with Crippen LogP contribution < -0.4 is 113 Å². The third-order valence-corrected chi connectivity index (χ3v) is 10.8. The Morgan fingerprint density at radius 3 is 0.787 bits per heavy atom. The number of Topliss-reactive ketones (excluding diaryl/α,β-unsaturated/α-hetero) is 6. The van der Waals surface area contributed by atoms with Crippen LogP contribution >= 0.6 is 0 Å². The van der Waals surface area contributed by atoms with E-state index in [0.717, 1.165) is 12.8 Å². The number of aliphatic imine (C=N–C) groups is 3. The van der Waals surface area contributed by atoms with Gasteiger partial charge in [0.2, 0.25) is 0 Å². The fourth-order valence-corrected chi connectivity index (χ4v) is 5.99. The molecule has 0 aliphatic carbocycles. The number of nitrogens with two attached hydrogens (primary N) is 17. The molecule has 6 atom stereocenters. The molecule has 0 saturated carbocycles. The van der Waals surface area contributed by atoms with Gasteiger partial charge in [-0.3, -0.25) is 54.4 Å². The van der Waals surface area contributed by atoms with E-state index in [0.29, 0.717) is 83.6 Å². The van der Waals surface area contributed by atoms with E-state index in [-0.39, 0.29) is 100 Å². The molecule has 0 bridgehead atoms. The Balaban J connectivity index is -0.000000205. The minimum Gasteiger partial charge on any atom is -0.386 e. The zero-order valence-corrected chi connectivity index (χ0v) is 50.8. The van der Waals surface area contributed by atoms with Gasteiger partial charge in [-0.15, -0.1) is 0 Å². The Hall–Kier alpha value is -5.31. The predicted octanol–water partition coefficient (Wildman–Crippen LogP) is -4.23. The Morgan fingerprint density at radius 2 is 0.562 bits per heavy atom. The summed E-state index contributed by atoms with van der Waals surface area (Å²) in [5, 5.41) is 8.47. The van der Waals surface area contributed by atoms with Gasteiger partial charge in [0.1, 0.15) is 12.6 Å². The Labute approximate surface area is 478 Å². The molecule has 0 amide bonds. The maximum absolute atomic E-state index is 11.4. The van der Waals surface area contributed by atoms with Gasteiger partial charge in [-0.05, 0) is 64.5 Å². The summed E-state index contributed by atoms with van der Waals surface area (Å²) in [7, 11) is 0. The number of nitrogens with zero attached hydrogens (tertiary/aromatic N) is 3. The normalized spacial score (nSPS) is 13.0. The van der Waals surface area contributed by atoms with Crippen LogP contribution in [0, 0.1) is 35.5 Å². The van der Waals surface area contributed by atoms with E-state index in [1.54, 1.807) is 0 Å². The molecule has 0 radical (unpaired) electrons. The van der Waals surface area contributed by atoms with Crippen LogP contribution in [0.1, 0.15) is 134 Å². The zero-order chi connectivity index (χ0) is 64.0. The highest BCUT2D eigenvalue weighted by atomic mass is 16.1. The van der Waals surface area contributed by atoms with Crippen molar-refractivity contribution in [3.05, 3.63) is 12.4 Å². The van der Waals surface area contributed by atoms with Crippen molar-refractivity contribution in [3.8, 4) is 0 Å². The van der Waals surface area contributed by atoms with Crippen LogP contribution in [-0.2, 0) is 28.8 Å². The molecule has 0 saturated heterocycles. The maximum atomic E-state index is 11.4. The van der Waals surface area contributed by atoms with Crippen molar-refractivity contribution in [2.75, 3.05) is 39.3 Å². The minimum absolute atomic E-state index is 0.00641. The molecule has 0 aromatic rings. The van der Waals surface area contributed by atoms with Crippen molar-refractivity contribution in [2.45, 2.75) is 183 Å². The zero-order valence-electron chi connectivity index (χ0n) is 50.8. The highest BCUT2D eigenvalue weighted by Crippen LogP contribution is 2.06. The maximum Gasteiger partial charge on any atom is 0.185 e. The van der Waals surface area contributed by atoms with E-state index in [2.05, 4.69) is 37.5 Å². The average Bonchev–Trinajstić information content (AvgIpc) is 3.34. The highest BCUT2D eigenvalue weighted by Gasteiger charge is 2.20. The lowest BCUT2D eigenvalue weighted by Gasteiger charge is -2.14. The molecule has 0 fully saturated rings. The third-order valence-electron chi connectivity index (χ3n) is 10.8. The van der Waals surface area contributed by atoms with Gasteiger partial charge in [-0.25, -0.2) is 0 Å². The molecule has 80 heavy (non-hydrogen) atoms. The lowest BCUT2D eigenvalue weighted by Crippen LogP contribution is -2.47. The van der Waals surface area contributed by atoms with Gasteiger partial charge in [0.25, 0.3) is 0 Å². The summed E-state index contributed by atoms with van der Waals surface area (Å²) in [6.45, 7) is 28.7. The molecule has 0 rings (SSSR count). The van der Waals surface area contributed by atoms with Crippen molar-refractivity contribution in [1.29, 1.82) is 0 Å². The molecule has 0 aromatic carbocycles. The molecule has 0 aliphatic rings. The van der Waals surface area contributed by atoms with Gasteiger partial charge in [-0.1, -0.05) is 89.7 Å². The Bertz CT molecular complexity index is 1680. The third kappa shape index (κ3) is 57.4. The second-order valence-electron chi connectivity index (χ2n) is 20.8. The van der Waals surface area contributed by atoms with E-state index < -0.39 is 36.7 Å². The average molecular weight is 1150 g/mol. The van der Waals surface area contributed by atoms with Crippen LogP contribution in [0.15, 0.2) is 27.4 Å². The number of rotatable bonds is 35. The molecule has 0 heterocycles. The van der Waals surface area contributed by atoms with E-state index >= 15 is 0 Å². The van der Waals surface area contributed by atoms with E-state index in [1.165, 1.54) is 0 Å². The summed E-state index contributed by atoms with van der Waals surface area (Å²) in [6.07, 6.45) is 3.94. The first kappa shape index (κ1) is 86.0. The smallest absolute Gasteiger partial charge is 0.185 e. The molecular formula is C51H117N23O6.